The van der Waals surface area contributed by atoms with Crippen LogP contribution >= 0.6 is 0 Å². The van der Waals surface area contributed by atoms with E-state index in [9.17, 15) is 9.59 Å². The Balaban J connectivity index is 1.30. The Labute approximate surface area is 138 Å². The number of nitrogens with zero attached hydrogens (tertiary/aromatic N) is 4. The molecule has 8 nitrogen and oxygen atoms in total. The zero-order chi connectivity index (χ0) is 16.5. The molecule has 0 saturated carbocycles. The van der Waals surface area contributed by atoms with Crippen molar-refractivity contribution < 1.29 is 14.1 Å². The quantitative estimate of drug-likeness (QED) is 0.861. The first-order chi connectivity index (χ1) is 11.7. The van der Waals surface area contributed by atoms with E-state index >= 15 is 0 Å². The average Bonchev–Trinajstić information content (AvgIpc) is 3.30. The van der Waals surface area contributed by atoms with E-state index in [1.807, 2.05) is 12.1 Å². The number of piperazine rings is 1. The first-order valence-electron chi connectivity index (χ1n) is 8.03. The number of hydrogen-bond acceptors (Lipinski definition) is 6. The van der Waals surface area contributed by atoms with Gasteiger partial charge in [-0.25, -0.2) is 0 Å². The van der Waals surface area contributed by atoms with Crippen molar-refractivity contribution in [3.63, 3.8) is 0 Å². The highest BCUT2D eigenvalue weighted by atomic mass is 16.5. The summed E-state index contributed by atoms with van der Waals surface area (Å²) >= 11 is 0. The van der Waals surface area contributed by atoms with E-state index in [-0.39, 0.29) is 23.9 Å². The largest absolute Gasteiger partial charge is 0.350 e. The lowest BCUT2D eigenvalue weighted by molar-refractivity contribution is -0.139. The van der Waals surface area contributed by atoms with E-state index in [2.05, 4.69) is 20.4 Å². The normalized spacial score (nSPS) is 22.0. The number of carbonyl (C=O) groups excluding carboxylic acids is 2. The molecule has 2 atom stereocenters. The number of aryl methyl sites for hydroxylation is 1. The Kier molecular flexibility index (Phi) is 3.72. The fourth-order valence-electron chi connectivity index (χ4n) is 3.27. The Morgan fingerprint density at radius 3 is 2.96 bits per heavy atom. The van der Waals surface area contributed by atoms with E-state index < -0.39 is 0 Å². The summed E-state index contributed by atoms with van der Waals surface area (Å²) in [6, 6.07) is 3.48. The molecule has 0 radical (unpaired) electrons. The summed E-state index contributed by atoms with van der Waals surface area (Å²) in [4.78, 5) is 33.9. The minimum Gasteiger partial charge on any atom is -0.350 e. The van der Waals surface area contributed by atoms with Gasteiger partial charge >= 0.3 is 0 Å². The number of pyridine rings is 1. The molecule has 8 heteroatoms. The van der Waals surface area contributed by atoms with Crippen LogP contribution in [0.3, 0.4) is 0 Å². The van der Waals surface area contributed by atoms with Gasteiger partial charge in [-0.1, -0.05) is 5.16 Å². The number of amides is 2. The number of nitrogens with one attached hydrogen (secondary N) is 1. The lowest BCUT2D eigenvalue weighted by atomic mass is 10.2. The van der Waals surface area contributed by atoms with Crippen LogP contribution in [0, 0.1) is 0 Å². The second-order valence-electron chi connectivity index (χ2n) is 6.10. The molecule has 2 fully saturated rings. The van der Waals surface area contributed by atoms with Crippen molar-refractivity contribution in [1.29, 1.82) is 0 Å². The smallest absolute Gasteiger partial charge is 0.243 e. The van der Waals surface area contributed by atoms with E-state index in [4.69, 9.17) is 4.52 Å². The molecule has 0 spiro atoms. The van der Waals surface area contributed by atoms with Crippen LogP contribution in [0.1, 0.15) is 25.2 Å². The summed E-state index contributed by atoms with van der Waals surface area (Å²) in [6.45, 7) is 0.627. The number of aromatic nitrogens is 3. The van der Waals surface area contributed by atoms with Gasteiger partial charge in [0.15, 0.2) is 0 Å². The van der Waals surface area contributed by atoms with Gasteiger partial charge in [0.1, 0.15) is 6.04 Å². The maximum absolute atomic E-state index is 12.3. The molecule has 2 saturated heterocycles. The maximum atomic E-state index is 12.3. The van der Waals surface area contributed by atoms with Gasteiger partial charge in [0.2, 0.25) is 23.5 Å². The second kappa shape index (κ2) is 6.03. The molecular weight excluding hydrogens is 310 g/mol. The van der Waals surface area contributed by atoms with E-state index in [1.165, 1.54) is 0 Å². The SMILES string of the molecule is O=C1N[C@H]2C[C@@H]1N(C(=O)CCCc1nc(-c3ccncc3)no1)C2. The summed E-state index contributed by atoms with van der Waals surface area (Å²) in [6.07, 6.45) is 5.62. The molecule has 0 aromatic carbocycles. The van der Waals surface area contributed by atoms with Crippen molar-refractivity contribution in [2.45, 2.75) is 37.8 Å². The molecule has 2 aliphatic rings. The number of hydrogen-bond donors (Lipinski definition) is 1. The Bertz CT molecular complexity index is 760. The average molecular weight is 327 g/mol. The number of fused-ring (bicyclic) bond motifs is 2. The Hall–Kier alpha value is -2.77. The van der Waals surface area contributed by atoms with Crippen LogP contribution in [-0.2, 0) is 16.0 Å². The maximum Gasteiger partial charge on any atom is 0.243 e. The van der Waals surface area contributed by atoms with Crippen LogP contribution in [-0.4, -0.2) is 50.5 Å². The zero-order valence-electron chi connectivity index (χ0n) is 13.0. The van der Waals surface area contributed by atoms with Crippen LogP contribution in [0.5, 0.6) is 0 Å². The van der Waals surface area contributed by atoms with E-state index in [0.29, 0.717) is 37.5 Å². The monoisotopic (exact) mass is 327 g/mol. The van der Waals surface area contributed by atoms with Gasteiger partial charge < -0.3 is 14.7 Å². The molecule has 2 aliphatic heterocycles. The second-order valence-corrected chi connectivity index (χ2v) is 6.10. The Morgan fingerprint density at radius 2 is 2.21 bits per heavy atom. The molecule has 2 amide bonds. The van der Waals surface area contributed by atoms with Crippen molar-refractivity contribution in [3.8, 4) is 11.4 Å². The molecule has 4 rings (SSSR count). The molecule has 2 bridgehead atoms. The highest BCUT2D eigenvalue weighted by molar-refractivity contribution is 5.91. The fourth-order valence-corrected chi connectivity index (χ4v) is 3.27. The van der Waals surface area contributed by atoms with Gasteiger partial charge in [-0.05, 0) is 25.0 Å². The first-order valence-corrected chi connectivity index (χ1v) is 8.03. The molecule has 4 heterocycles. The minimum absolute atomic E-state index is 0.0197. The van der Waals surface area contributed by atoms with E-state index in [1.54, 1.807) is 17.3 Å². The van der Waals surface area contributed by atoms with Crippen molar-refractivity contribution in [2.75, 3.05) is 6.54 Å². The highest BCUT2D eigenvalue weighted by Crippen LogP contribution is 2.25. The molecule has 2 aromatic rings. The first kappa shape index (κ1) is 14.8. The van der Waals surface area contributed by atoms with Crippen LogP contribution in [0.15, 0.2) is 29.0 Å². The van der Waals surface area contributed by atoms with Gasteiger partial charge in [-0.3, -0.25) is 14.6 Å². The zero-order valence-corrected chi connectivity index (χ0v) is 13.0. The van der Waals surface area contributed by atoms with Gasteiger partial charge in [-0.2, -0.15) is 4.98 Å². The number of rotatable bonds is 5. The molecular formula is C16H17N5O3. The van der Waals surface area contributed by atoms with Crippen LogP contribution in [0.25, 0.3) is 11.4 Å². The van der Waals surface area contributed by atoms with Crippen LogP contribution in [0.2, 0.25) is 0 Å². The summed E-state index contributed by atoms with van der Waals surface area (Å²) in [5.74, 6) is 1.02. The molecule has 2 aromatic heterocycles. The summed E-state index contributed by atoms with van der Waals surface area (Å²) < 4.78 is 5.22. The van der Waals surface area contributed by atoms with Crippen molar-refractivity contribution >= 4 is 11.8 Å². The van der Waals surface area contributed by atoms with Gasteiger partial charge in [0, 0.05) is 43.4 Å². The molecule has 0 aliphatic carbocycles. The Morgan fingerprint density at radius 1 is 1.38 bits per heavy atom. The summed E-state index contributed by atoms with van der Waals surface area (Å²) in [5.41, 5.74) is 0.843. The number of likely N-dealkylation sites (tertiary alicyclic amines) is 1. The predicted molar refractivity (Wildman–Crippen MR) is 82.5 cm³/mol. The van der Waals surface area contributed by atoms with Crippen molar-refractivity contribution in [1.82, 2.24) is 25.3 Å². The lowest BCUT2D eigenvalue weighted by Gasteiger charge is -2.26. The van der Waals surface area contributed by atoms with Gasteiger partial charge in [0.05, 0.1) is 0 Å². The third-order valence-corrected chi connectivity index (χ3v) is 4.46. The lowest BCUT2D eigenvalue weighted by Crippen LogP contribution is -2.50. The molecule has 24 heavy (non-hydrogen) atoms. The molecule has 0 unspecified atom stereocenters. The fraction of sp³-hybridized carbons (Fsp3) is 0.438. The number of carbonyl (C=O) groups is 2. The highest BCUT2D eigenvalue weighted by Gasteiger charge is 2.45. The van der Waals surface area contributed by atoms with Crippen molar-refractivity contribution in [2.24, 2.45) is 0 Å². The standard InChI is InChI=1S/C16H17N5O3/c22-14(21-9-11-8-12(21)16(23)18-11)3-1-2-13-19-15(20-24-13)10-4-6-17-7-5-10/h4-7,11-12H,1-3,8-9H2,(H,18,23)/t11-,12-/m0/s1. The summed E-state index contributed by atoms with van der Waals surface area (Å²) in [7, 11) is 0. The molecule has 1 N–H and O–H groups in total. The summed E-state index contributed by atoms with van der Waals surface area (Å²) in [5, 5.41) is 6.81. The van der Waals surface area contributed by atoms with Gasteiger partial charge in [0.25, 0.3) is 0 Å². The topological polar surface area (TPSA) is 101 Å². The van der Waals surface area contributed by atoms with Crippen molar-refractivity contribution in [3.05, 3.63) is 30.4 Å². The van der Waals surface area contributed by atoms with Crippen LogP contribution < -0.4 is 5.32 Å². The third kappa shape index (κ3) is 2.75. The van der Waals surface area contributed by atoms with Crippen LogP contribution in [0.4, 0.5) is 0 Å². The third-order valence-electron chi connectivity index (χ3n) is 4.46. The predicted octanol–water partition coefficient (Wildman–Crippen LogP) is 0.554. The minimum atomic E-state index is -0.274. The molecule has 124 valence electrons. The van der Waals surface area contributed by atoms with Gasteiger partial charge in [-0.15, -0.1) is 0 Å². The van der Waals surface area contributed by atoms with E-state index in [0.717, 1.165) is 12.0 Å².